The molecule has 1 amide bonds. The molecule has 0 fully saturated rings. The number of carbonyl (C=O) groups excluding carboxylic acids is 1. The molecule has 0 atom stereocenters. The summed E-state index contributed by atoms with van der Waals surface area (Å²) in [7, 11) is 0. The summed E-state index contributed by atoms with van der Waals surface area (Å²) < 4.78 is 1.08. The number of thiophene rings is 2. The molecule has 3 nitrogen and oxygen atoms in total. The van der Waals surface area contributed by atoms with E-state index in [9.17, 15) is 10.1 Å². The molecule has 0 aliphatic carbocycles. The Morgan fingerprint density at radius 2 is 2.05 bits per heavy atom. The summed E-state index contributed by atoms with van der Waals surface area (Å²) in [6.07, 6.45) is 0. The van der Waals surface area contributed by atoms with Gasteiger partial charge in [-0.05, 0) is 25.5 Å². The summed E-state index contributed by atoms with van der Waals surface area (Å²) >= 11 is 2.99. The lowest BCUT2D eigenvalue weighted by atomic mass is 10.1. The van der Waals surface area contributed by atoms with Gasteiger partial charge in [-0.2, -0.15) is 5.26 Å². The number of nitriles is 1. The fourth-order valence-electron chi connectivity index (χ4n) is 2.17. The lowest BCUT2D eigenvalue weighted by Gasteiger charge is -2.02. The molecule has 1 aromatic carbocycles. The van der Waals surface area contributed by atoms with Crippen LogP contribution in [0.4, 0.5) is 5.00 Å². The number of benzene rings is 1. The number of amides is 1. The van der Waals surface area contributed by atoms with E-state index in [2.05, 4.69) is 11.4 Å². The van der Waals surface area contributed by atoms with Gasteiger partial charge in [0.25, 0.3) is 5.91 Å². The monoisotopic (exact) mass is 312 g/mol. The van der Waals surface area contributed by atoms with Crippen LogP contribution in [0.1, 0.15) is 26.4 Å². The number of anilines is 1. The van der Waals surface area contributed by atoms with E-state index in [-0.39, 0.29) is 5.91 Å². The van der Waals surface area contributed by atoms with Crippen LogP contribution in [0.15, 0.2) is 29.6 Å². The topological polar surface area (TPSA) is 52.9 Å². The van der Waals surface area contributed by atoms with Gasteiger partial charge in [-0.1, -0.05) is 18.2 Å². The molecular weight excluding hydrogens is 300 g/mol. The maximum atomic E-state index is 12.5. The van der Waals surface area contributed by atoms with E-state index in [4.69, 9.17) is 0 Å². The molecule has 0 saturated carbocycles. The quantitative estimate of drug-likeness (QED) is 0.745. The van der Waals surface area contributed by atoms with Gasteiger partial charge < -0.3 is 5.32 Å². The molecule has 3 rings (SSSR count). The Balaban J connectivity index is 1.98. The molecule has 0 aliphatic heterocycles. The van der Waals surface area contributed by atoms with Crippen LogP contribution in [-0.2, 0) is 0 Å². The second-order valence-electron chi connectivity index (χ2n) is 4.70. The Morgan fingerprint density at radius 3 is 2.81 bits per heavy atom. The Hall–Kier alpha value is -2.16. The minimum Gasteiger partial charge on any atom is -0.312 e. The highest BCUT2D eigenvalue weighted by Gasteiger charge is 2.17. The predicted molar refractivity (Wildman–Crippen MR) is 88.3 cm³/mol. The van der Waals surface area contributed by atoms with Crippen LogP contribution in [0.5, 0.6) is 0 Å². The molecule has 0 unspecified atom stereocenters. The molecule has 2 heterocycles. The Bertz CT molecular complexity index is 883. The molecule has 1 N–H and O–H groups in total. The van der Waals surface area contributed by atoms with Crippen molar-refractivity contribution < 1.29 is 4.79 Å². The fraction of sp³-hybridized carbons (Fsp3) is 0.125. The normalized spacial score (nSPS) is 10.5. The second kappa shape index (κ2) is 5.32. The largest absolute Gasteiger partial charge is 0.312 e. The van der Waals surface area contributed by atoms with E-state index >= 15 is 0 Å². The molecule has 3 aromatic rings. The SMILES string of the molecule is Cc1sc(NC(=O)c2csc3ccccc23)c(C#N)c1C. The van der Waals surface area contributed by atoms with E-state index in [1.165, 1.54) is 11.3 Å². The van der Waals surface area contributed by atoms with E-state index < -0.39 is 0 Å². The van der Waals surface area contributed by atoms with Gasteiger partial charge in [-0.15, -0.1) is 22.7 Å². The summed E-state index contributed by atoms with van der Waals surface area (Å²) in [5.41, 5.74) is 2.15. The van der Waals surface area contributed by atoms with Gasteiger partial charge >= 0.3 is 0 Å². The third kappa shape index (κ3) is 2.33. The standard InChI is InChI=1S/C16H12N2OS2/c1-9-10(2)21-16(12(9)7-17)18-15(19)13-8-20-14-6-4-3-5-11(13)14/h3-6,8H,1-2H3,(H,18,19). The van der Waals surface area contributed by atoms with Gasteiger partial charge in [0.15, 0.2) is 0 Å². The molecule has 0 aliphatic rings. The summed E-state index contributed by atoms with van der Waals surface area (Å²) in [6.45, 7) is 3.86. The fourth-order valence-corrected chi connectivity index (χ4v) is 4.12. The first kappa shape index (κ1) is 13.8. The van der Waals surface area contributed by atoms with Crippen LogP contribution < -0.4 is 5.32 Å². The zero-order chi connectivity index (χ0) is 15.0. The third-order valence-corrected chi connectivity index (χ3v) is 5.54. The predicted octanol–water partition coefficient (Wildman–Crippen LogP) is 4.70. The zero-order valence-corrected chi connectivity index (χ0v) is 13.2. The minimum absolute atomic E-state index is 0.162. The molecule has 5 heteroatoms. The molecule has 0 radical (unpaired) electrons. The summed E-state index contributed by atoms with van der Waals surface area (Å²) in [6, 6.07) is 9.99. The highest BCUT2D eigenvalue weighted by Crippen LogP contribution is 2.33. The van der Waals surface area contributed by atoms with Crippen LogP contribution >= 0.6 is 22.7 Å². The Morgan fingerprint density at radius 1 is 1.29 bits per heavy atom. The van der Waals surface area contributed by atoms with Crippen molar-refractivity contribution >= 4 is 43.7 Å². The number of hydrogen-bond acceptors (Lipinski definition) is 4. The first-order chi connectivity index (χ1) is 10.1. The smallest absolute Gasteiger partial charge is 0.257 e. The van der Waals surface area contributed by atoms with Crippen molar-refractivity contribution in [1.82, 2.24) is 0 Å². The lowest BCUT2D eigenvalue weighted by Crippen LogP contribution is -2.11. The van der Waals surface area contributed by atoms with Gasteiger partial charge in [0.05, 0.1) is 11.1 Å². The summed E-state index contributed by atoms with van der Waals surface area (Å²) in [4.78, 5) is 13.5. The Labute approximate surface area is 130 Å². The van der Waals surface area contributed by atoms with Crippen molar-refractivity contribution in [3.63, 3.8) is 0 Å². The van der Waals surface area contributed by atoms with Crippen molar-refractivity contribution in [2.24, 2.45) is 0 Å². The number of nitrogens with zero attached hydrogens (tertiary/aromatic N) is 1. The third-order valence-electron chi connectivity index (χ3n) is 3.45. The average Bonchev–Trinajstić information content (AvgIpc) is 3.01. The van der Waals surface area contributed by atoms with Crippen molar-refractivity contribution in [2.75, 3.05) is 5.32 Å². The van der Waals surface area contributed by atoms with Gasteiger partial charge in [0.2, 0.25) is 0 Å². The number of hydrogen-bond donors (Lipinski definition) is 1. The number of nitrogens with one attached hydrogen (secondary N) is 1. The number of aryl methyl sites for hydroxylation is 1. The highest BCUT2D eigenvalue weighted by atomic mass is 32.1. The van der Waals surface area contributed by atoms with Crippen LogP contribution in [0, 0.1) is 25.2 Å². The number of carbonyl (C=O) groups is 1. The van der Waals surface area contributed by atoms with Crippen LogP contribution in [0.3, 0.4) is 0 Å². The van der Waals surface area contributed by atoms with E-state index in [1.807, 2.05) is 43.5 Å². The van der Waals surface area contributed by atoms with Gasteiger partial charge in [0.1, 0.15) is 11.1 Å². The first-order valence-corrected chi connectivity index (χ1v) is 8.09. The summed E-state index contributed by atoms with van der Waals surface area (Å²) in [5, 5.41) is 15.6. The average molecular weight is 312 g/mol. The first-order valence-electron chi connectivity index (χ1n) is 6.39. The van der Waals surface area contributed by atoms with E-state index in [0.717, 1.165) is 20.5 Å². The highest BCUT2D eigenvalue weighted by molar-refractivity contribution is 7.18. The van der Waals surface area contributed by atoms with Crippen LogP contribution in [0.2, 0.25) is 0 Å². The molecular formula is C16H12N2OS2. The molecule has 0 spiro atoms. The molecule has 21 heavy (non-hydrogen) atoms. The van der Waals surface area contributed by atoms with E-state index in [0.29, 0.717) is 16.1 Å². The van der Waals surface area contributed by atoms with Crippen LogP contribution in [-0.4, -0.2) is 5.91 Å². The van der Waals surface area contributed by atoms with Crippen molar-refractivity contribution in [3.8, 4) is 6.07 Å². The molecule has 0 bridgehead atoms. The minimum atomic E-state index is -0.162. The van der Waals surface area contributed by atoms with Gasteiger partial charge in [-0.3, -0.25) is 4.79 Å². The van der Waals surface area contributed by atoms with Crippen molar-refractivity contribution in [1.29, 1.82) is 5.26 Å². The number of rotatable bonds is 2. The maximum Gasteiger partial charge on any atom is 0.257 e. The van der Waals surface area contributed by atoms with Crippen molar-refractivity contribution in [2.45, 2.75) is 13.8 Å². The number of fused-ring (bicyclic) bond motifs is 1. The molecule has 104 valence electrons. The van der Waals surface area contributed by atoms with Crippen LogP contribution in [0.25, 0.3) is 10.1 Å². The second-order valence-corrected chi connectivity index (χ2v) is 6.83. The molecule has 0 saturated heterocycles. The summed E-state index contributed by atoms with van der Waals surface area (Å²) in [5.74, 6) is -0.162. The van der Waals surface area contributed by atoms with Gasteiger partial charge in [0, 0.05) is 20.3 Å². The zero-order valence-electron chi connectivity index (χ0n) is 11.6. The van der Waals surface area contributed by atoms with E-state index in [1.54, 1.807) is 11.3 Å². The van der Waals surface area contributed by atoms with Gasteiger partial charge in [-0.25, -0.2) is 0 Å². The van der Waals surface area contributed by atoms with Crippen molar-refractivity contribution in [3.05, 3.63) is 51.2 Å². The maximum absolute atomic E-state index is 12.5. The lowest BCUT2D eigenvalue weighted by molar-refractivity contribution is 0.102. The molecule has 2 aromatic heterocycles. The Kier molecular flexibility index (Phi) is 3.50.